The zero-order valence-electron chi connectivity index (χ0n) is 12.0. The van der Waals surface area contributed by atoms with E-state index in [1.807, 2.05) is 36.5 Å². The summed E-state index contributed by atoms with van der Waals surface area (Å²) in [5.41, 5.74) is 4.38. The Bertz CT molecular complexity index is 620. The molecule has 0 atom stereocenters. The molecule has 2 N–H and O–H groups in total. The second-order valence-corrected chi connectivity index (χ2v) is 4.95. The fourth-order valence-corrected chi connectivity index (χ4v) is 2.40. The van der Waals surface area contributed by atoms with Crippen LogP contribution in [0.2, 0.25) is 0 Å². The first-order chi connectivity index (χ1) is 9.83. The van der Waals surface area contributed by atoms with Crippen LogP contribution >= 0.6 is 24.8 Å². The average Bonchev–Trinajstić information content (AvgIpc) is 2.95. The fourth-order valence-electron chi connectivity index (χ4n) is 2.40. The molecule has 0 unspecified atom stereocenters. The molecule has 1 aromatic carbocycles. The van der Waals surface area contributed by atoms with E-state index in [0.717, 1.165) is 30.6 Å². The molecule has 118 valence electrons. The number of benzene rings is 1. The molecular weight excluding hydrogens is 321 g/mol. The van der Waals surface area contributed by atoms with Crippen LogP contribution in [0.1, 0.15) is 27.0 Å². The van der Waals surface area contributed by atoms with Crippen LogP contribution in [-0.2, 0) is 19.5 Å². The van der Waals surface area contributed by atoms with Crippen LogP contribution in [0.25, 0.3) is 0 Å². The summed E-state index contributed by atoms with van der Waals surface area (Å²) in [6.45, 7) is 2.38. The maximum atomic E-state index is 12.1. The first-order valence-corrected chi connectivity index (χ1v) is 6.82. The van der Waals surface area contributed by atoms with E-state index in [1.54, 1.807) is 6.20 Å². The van der Waals surface area contributed by atoms with Crippen LogP contribution < -0.4 is 10.6 Å². The number of fused-ring (bicyclic) bond motifs is 1. The summed E-state index contributed by atoms with van der Waals surface area (Å²) >= 11 is 0. The summed E-state index contributed by atoms with van der Waals surface area (Å²) in [6.07, 6.45) is 4.37. The van der Waals surface area contributed by atoms with Crippen molar-refractivity contribution < 1.29 is 4.79 Å². The van der Waals surface area contributed by atoms with Crippen LogP contribution in [0.4, 0.5) is 0 Å². The standard InChI is InChI=1S/C16H17N3O.2ClH/c20-16(19-7-5-12-2-1-6-17-9-12)13-3-4-14-10-18-11-15(14)8-13;;/h1-4,6,8-9,18H,5,7,10-11H2,(H,19,20);2*1H. The number of carbonyl (C=O) groups excluding carboxylic acids is 1. The van der Waals surface area contributed by atoms with Gasteiger partial charge >= 0.3 is 0 Å². The van der Waals surface area contributed by atoms with E-state index in [1.165, 1.54) is 11.1 Å². The van der Waals surface area contributed by atoms with E-state index in [4.69, 9.17) is 0 Å². The van der Waals surface area contributed by atoms with Crippen molar-refractivity contribution in [1.82, 2.24) is 15.6 Å². The third kappa shape index (κ3) is 4.44. The van der Waals surface area contributed by atoms with E-state index >= 15 is 0 Å². The van der Waals surface area contributed by atoms with E-state index < -0.39 is 0 Å². The molecule has 1 aliphatic rings. The summed E-state index contributed by atoms with van der Waals surface area (Å²) in [7, 11) is 0. The van der Waals surface area contributed by atoms with Gasteiger partial charge < -0.3 is 10.6 Å². The number of halogens is 2. The lowest BCUT2D eigenvalue weighted by molar-refractivity contribution is 0.0954. The zero-order chi connectivity index (χ0) is 13.8. The van der Waals surface area contributed by atoms with Crippen molar-refractivity contribution in [2.24, 2.45) is 0 Å². The molecule has 1 amide bonds. The molecule has 6 heteroatoms. The number of hydrogen-bond donors (Lipinski definition) is 2. The van der Waals surface area contributed by atoms with Crippen LogP contribution in [0, 0.1) is 0 Å². The van der Waals surface area contributed by atoms with Gasteiger partial charge in [-0.2, -0.15) is 0 Å². The minimum absolute atomic E-state index is 0. The minimum Gasteiger partial charge on any atom is -0.352 e. The fraction of sp³-hybridized carbons (Fsp3) is 0.250. The predicted molar refractivity (Wildman–Crippen MR) is 91.8 cm³/mol. The van der Waals surface area contributed by atoms with Gasteiger partial charge in [-0.3, -0.25) is 9.78 Å². The van der Waals surface area contributed by atoms with Crippen molar-refractivity contribution in [2.75, 3.05) is 6.54 Å². The first-order valence-electron chi connectivity index (χ1n) is 6.82. The van der Waals surface area contributed by atoms with Crippen molar-refractivity contribution in [3.8, 4) is 0 Å². The van der Waals surface area contributed by atoms with Gasteiger partial charge in [-0.05, 0) is 41.3 Å². The summed E-state index contributed by atoms with van der Waals surface area (Å²) in [6, 6.07) is 9.83. The van der Waals surface area contributed by atoms with E-state index in [-0.39, 0.29) is 30.7 Å². The highest BCUT2D eigenvalue weighted by Gasteiger charge is 2.13. The van der Waals surface area contributed by atoms with Gasteiger partial charge in [0.2, 0.25) is 0 Å². The molecule has 4 nitrogen and oxygen atoms in total. The summed E-state index contributed by atoms with van der Waals surface area (Å²) in [5.74, 6) is -0.0106. The van der Waals surface area contributed by atoms with Gasteiger partial charge in [0.25, 0.3) is 5.91 Å². The number of rotatable bonds is 4. The molecule has 0 fully saturated rings. The molecule has 0 saturated heterocycles. The lowest BCUT2D eigenvalue weighted by Gasteiger charge is -2.06. The van der Waals surface area contributed by atoms with Crippen molar-refractivity contribution in [3.05, 3.63) is 65.0 Å². The number of pyridine rings is 1. The molecule has 0 aliphatic carbocycles. The Kier molecular flexibility index (Phi) is 7.32. The van der Waals surface area contributed by atoms with Crippen LogP contribution in [0.3, 0.4) is 0 Å². The molecule has 1 aromatic heterocycles. The first kappa shape index (κ1) is 18.4. The Hall–Kier alpha value is -1.62. The van der Waals surface area contributed by atoms with Gasteiger partial charge in [0, 0.05) is 37.6 Å². The Morgan fingerprint density at radius 2 is 2.00 bits per heavy atom. The number of hydrogen-bond acceptors (Lipinski definition) is 3. The number of aromatic nitrogens is 1. The maximum Gasteiger partial charge on any atom is 0.251 e. The summed E-state index contributed by atoms with van der Waals surface area (Å²) in [4.78, 5) is 16.1. The lowest BCUT2D eigenvalue weighted by Crippen LogP contribution is -2.25. The van der Waals surface area contributed by atoms with Crippen molar-refractivity contribution in [3.63, 3.8) is 0 Å². The van der Waals surface area contributed by atoms with Crippen LogP contribution in [0.5, 0.6) is 0 Å². The minimum atomic E-state index is -0.0106. The molecule has 0 bridgehead atoms. The number of carbonyl (C=O) groups is 1. The highest BCUT2D eigenvalue weighted by molar-refractivity contribution is 5.94. The SMILES string of the molecule is Cl.Cl.O=C(NCCc1cccnc1)c1ccc2c(c1)CNC2. The van der Waals surface area contributed by atoms with Gasteiger partial charge in [0.05, 0.1) is 0 Å². The Balaban J connectivity index is 0.00000121. The molecule has 2 heterocycles. The quantitative estimate of drug-likeness (QED) is 0.899. The Labute approximate surface area is 142 Å². The Morgan fingerprint density at radius 3 is 2.77 bits per heavy atom. The van der Waals surface area contributed by atoms with E-state index in [2.05, 4.69) is 15.6 Å². The average molecular weight is 340 g/mol. The molecule has 2 aromatic rings. The third-order valence-corrected chi connectivity index (χ3v) is 3.52. The monoisotopic (exact) mass is 339 g/mol. The van der Waals surface area contributed by atoms with Gasteiger partial charge in [-0.15, -0.1) is 24.8 Å². The lowest BCUT2D eigenvalue weighted by atomic mass is 10.1. The molecular formula is C16H19Cl2N3O. The summed E-state index contributed by atoms with van der Waals surface area (Å²) < 4.78 is 0. The number of amides is 1. The summed E-state index contributed by atoms with van der Waals surface area (Å²) in [5, 5.41) is 6.23. The van der Waals surface area contributed by atoms with Crippen molar-refractivity contribution in [2.45, 2.75) is 19.5 Å². The van der Waals surface area contributed by atoms with E-state index in [9.17, 15) is 4.79 Å². The Morgan fingerprint density at radius 1 is 1.18 bits per heavy atom. The predicted octanol–water partition coefficient (Wildman–Crippen LogP) is 2.50. The highest BCUT2D eigenvalue weighted by atomic mass is 35.5. The topological polar surface area (TPSA) is 54.0 Å². The molecule has 0 saturated carbocycles. The zero-order valence-corrected chi connectivity index (χ0v) is 13.7. The molecule has 0 radical (unpaired) electrons. The van der Waals surface area contributed by atoms with Crippen LogP contribution in [-0.4, -0.2) is 17.4 Å². The second-order valence-electron chi connectivity index (χ2n) is 4.95. The smallest absolute Gasteiger partial charge is 0.251 e. The molecule has 22 heavy (non-hydrogen) atoms. The van der Waals surface area contributed by atoms with Crippen molar-refractivity contribution in [1.29, 1.82) is 0 Å². The van der Waals surface area contributed by atoms with Gasteiger partial charge in [-0.25, -0.2) is 0 Å². The maximum absolute atomic E-state index is 12.1. The molecule has 1 aliphatic heterocycles. The highest BCUT2D eigenvalue weighted by Crippen LogP contribution is 2.16. The molecule has 0 spiro atoms. The van der Waals surface area contributed by atoms with Crippen LogP contribution in [0.15, 0.2) is 42.7 Å². The molecule has 3 rings (SSSR count). The normalized spacial score (nSPS) is 11.8. The largest absolute Gasteiger partial charge is 0.352 e. The second kappa shape index (κ2) is 8.73. The van der Waals surface area contributed by atoms with Gasteiger partial charge in [0.1, 0.15) is 0 Å². The van der Waals surface area contributed by atoms with E-state index in [0.29, 0.717) is 6.54 Å². The van der Waals surface area contributed by atoms with Gasteiger partial charge in [-0.1, -0.05) is 12.1 Å². The number of nitrogens with zero attached hydrogens (tertiary/aromatic N) is 1. The third-order valence-electron chi connectivity index (χ3n) is 3.52. The number of nitrogens with one attached hydrogen (secondary N) is 2. The van der Waals surface area contributed by atoms with Gasteiger partial charge in [0.15, 0.2) is 0 Å². The van der Waals surface area contributed by atoms with Crippen molar-refractivity contribution >= 4 is 30.7 Å².